The SMILES string of the molecule is Cc1ccnc(NC(=O)c2cccn(Cc3ccccc3Cl)c2=O)n1. The second-order valence-electron chi connectivity index (χ2n) is 5.42. The second-order valence-corrected chi connectivity index (χ2v) is 5.83. The fourth-order valence-electron chi connectivity index (χ4n) is 2.32. The minimum Gasteiger partial charge on any atom is -0.310 e. The van der Waals surface area contributed by atoms with E-state index >= 15 is 0 Å². The molecule has 0 fully saturated rings. The van der Waals surface area contributed by atoms with Crippen molar-refractivity contribution < 1.29 is 4.79 Å². The molecule has 1 amide bonds. The van der Waals surface area contributed by atoms with Gasteiger partial charge in [-0.15, -0.1) is 0 Å². The number of carbonyl (C=O) groups is 1. The minimum atomic E-state index is -0.552. The van der Waals surface area contributed by atoms with Crippen molar-refractivity contribution in [2.75, 3.05) is 5.32 Å². The normalized spacial score (nSPS) is 10.5. The third-order valence-corrected chi connectivity index (χ3v) is 3.95. The van der Waals surface area contributed by atoms with E-state index in [2.05, 4.69) is 15.3 Å². The van der Waals surface area contributed by atoms with Crippen LogP contribution in [0.15, 0.2) is 59.7 Å². The maximum atomic E-state index is 12.6. The van der Waals surface area contributed by atoms with Crippen molar-refractivity contribution in [3.8, 4) is 0 Å². The van der Waals surface area contributed by atoms with Gasteiger partial charge >= 0.3 is 0 Å². The Morgan fingerprint density at radius 1 is 1.20 bits per heavy atom. The van der Waals surface area contributed by atoms with E-state index in [9.17, 15) is 9.59 Å². The van der Waals surface area contributed by atoms with Gasteiger partial charge in [0.1, 0.15) is 5.56 Å². The molecule has 6 nitrogen and oxygen atoms in total. The number of aromatic nitrogens is 3. The lowest BCUT2D eigenvalue weighted by Crippen LogP contribution is -2.29. The molecule has 0 aliphatic carbocycles. The summed E-state index contributed by atoms with van der Waals surface area (Å²) in [5.41, 5.74) is 1.12. The van der Waals surface area contributed by atoms with Crippen LogP contribution < -0.4 is 10.9 Å². The number of aryl methyl sites for hydroxylation is 1. The van der Waals surface area contributed by atoms with E-state index in [1.165, 1.54) is 10.6 Å². The molecule has 25 heavy (non-hydrogen) atoms. The van der Waals surface area contributed by atoms with Crippen molar-refractivity contribution in [1.82, 2.24) is 14.5 Å². The van der Waals surface area contributed by atoms with Gasteiger partial charge in [-0.2, -0.15) is 0 Å². The third-order valence-electron chi connectivity index (χ3n) is 3.58. The van der Waals surface area contributed by atoms with E-state index in [4.69, 9.17) is 11.6 Å². The second kappa shape index (κ2) is 7.27. The van der Waals surface area contributed by atoms with Crippen LogP contribution in [0.4, 0.5) is 5.95 Å². The molecule has 2 heterocycles. The molecule has 0 bridgehead atoms. The molecule has 2 aromatic heterocycles. The number of benzene rings is 1. The number of hydrogen-bond acceptors (Lipinski definition) is 4. The summed E-state index contributed by atoms with van der Waals surface area (Å²) in [5, 5.41) is 3.11. The smallest absolute Gasteiger partial charge is 0.263 e. The fourth-order valence-corrected chi connectivity index (χ4v) is 2.52. The number of carbonyl (C=O) groups excluding carboxylic acids is 1. The van der Waals surface area contributed by atoms with Gasteiger partial charge in [-0.25, -0.2) is 9.97 Å². The van der Waals surface area contributed by atoms with Gasteiger partial charge in [0.15, 0.2) is 0 Å². The van der Waals surface area contributed by atoms with Gasteiger partial charge in [0.25, 0.3) is 11.5 Å². The van der Waals surface area contributed by atoms with Gasteiger partial charge in [0.05, 0.1) is 6.54 Å². The molecule has 0 spiro atoms. The highest BCUT2D eigenvalue weighted by atomic mass is 35.5. The maximum absolute atomic E-state index is 12.6. The highest BCUT2D eigenvalue weighted by Crippen LogP contribution is 2.15. The Kier molecular flexibility index (Phi) is 4.90. The highest BCUT2D eigenvalue weighted by Gasteiger charge is 2.14. The van der Waals surface area contributed by atoms with Crippen molar-refractivity contribution in [3.63, 3.8) is 0 Å². The van der Waals surface area contributed by atoms with Gasteiger partial charge in [-0.05, 0) is 36.8 Å². The van der Waals surface area contributed by atoms with E-state index in [0.29, 0.717) is 5.02 Å². The van der Waals surface area contributed by atoms with Crippen LogP contribution in [-0.4, -0.2) is 20.4 Å². The molecule has 0 saturated carbocycles. The van der Waals surface area contributed by atoms with Crippen LogP contribution in [0.25, 0.3) is 0 Å². The van der Waals surface area contributed by atoms with E-state index in [1.54, 1.807) is 37.5 Å². The van der Waals surface area contributed by atoms with Crippen LogP contribution in [0.2, 0.25) is 5.02 Å². The number of halogens is 1. The first kappa shape index (κ1) is 16.9. The van der Waals surface area contributed by atoms with Crippen LogP contribution in [0.5, 0.6) is 0 Å². The molecule has 0 unspecified atom stereocenters. The predicted molar refractivity (Wildman–Crippen MR) is 96.0 cm³/mol. The zero-order chi connectivity index (χ0) is 17.8. The van der Waals surface area contributed by atoms with Gasteiger partial charge in [-0.1, -0.05) is 29.8 Å². The van der Waals surface area contributed by atoms with Crippen molar-refractivity contribution in [2.24, 2.45) is 0 Å². The number of anilines is 1. The molecule has 0 saturated heterocycles. The molecule has 3 aromatic rings. The largest absolute Gasteiger partial charge is 0.310 e. The van der Waals surface area contributed by atoms with Gasteiger partial charge in [0.2, 0.25) is 5.95 Å². The number of rotatable bonds is 4. The Morgan fingerprint density at radius 2 is 2.00 bits per heavy atom. The molecule has 7 heteroatoms. The molecule has 0 radical (unpaired) electrons. The van der Waals surface area contributed by atoms with Crippen molar-refractivity contribution in [2.45, 2.75) is 13.5 Å². The number of pyridine rings is 1. The Labute approximate surface area is 149 Å². The zero-order valence-corrected chi connectivity index (χ0v) is 14.2. The van der Waals surface area contributed by atoms with E-state index < -0.39 is 11.5 Å². The van der Waals surface area contributed by atoms with Gasteiger partial charge in [-0.3, -0.25) is 14.9 Å². The number of nitrogens with one attached hydrogen (secondary N) is 1. The lowest BCUT2D eigenvalue weighted by molar-refractivity contribution is 0.102. The monoisotopic (exact) mass is 354 g/mol. The van der Waals surface area contributed by atoms with Crippen LogP contribution in [0.3, 0.4) is 0 Å². The van der Waals surface area contributed by atoms with Gasteiger partial charge in [0, 0.05) is 23.1 Å². The number of amides is 1. The van der Waals surface area contributed by atoms with Crippen LogP contribution in [0.1, 0.15) is 21.6 Å². The Bertz CT molecular complexity index is 985. The average molecular weight is 355 g/mol. The first-order valence-electron chi connectivity index (χ1n) is 7.58. The summed E-state index contributed by atoms with van der Waals surface area (Å²) in [6.45, 7) is 2.07. The predicted octanol–water partition coefficient (Wildman–Crippen LogP) is 2.90. The molecule has 0 aliphatic heterocycles. The summed E-state index contributed by atoms with van der Waals surface area (Å²) in [6, 6.07) is 12.1. The van der Waals surface area contributed by atoms with E-state index in [1.807, 2.05) is 18.2 Å². The van der Waals surface area contributed by atoms with Gasteiger partial charge < -0.3 is 4.57 Å². The summed E-state index contributed by atoms with van der Waals surface area (Å²) >= 11 is 6.14. The fraction of sp³-hybridized carbons (Fsp3) is 0.111. The number of hydrogen-bond donors (Lipinski definition) is 1. The maximum Gasteiger partial charge on any atom is 0.263 e. The first-order chi connectivity index (χ1) is 12.0. The minimum absolute atomic E-state index is 0.0136. The van der Waals surface area contributed by atoms with Crippen molar-refractivity contribution in [3.05, 3.63) is 87.1 Å². The Balaban J connectivity index is 1.87. The highest BCUT2D eigenvalue weighted by molar-refractivity contribution is 6.31. The molecule has 1 N–H and O–H groups in total. The Hall–Kier alpha value is -2.99. The summed E-state index contributed by atoms with van der Waals surface area (Å²) in [4.78, 5) is 33.1. The third kappa shape index (κ3) is 3.92. The molecule has 1 aromatic carbocycles. The lowest BCUT2D eigenvalue weighted by Gasteiger charge is -2.09. The Morgan fingerprint density at radius 3 is 2.76 bits per heavy atom. The molecular weight excluding hydrogens is 340 g/mol. The van der Waals surface area contributed by atoms with E-state index in [-0.39, 0.29) is 18.1 Å². The summed E-state index contributed by atoms with van der Waals surface area (Å²) in [7, 11) is 0. The zero-order valence-electron chi connectivity index (χ0n) is 13.4. The topological polar surface area (TPSA) is 76.9 Å². The van der Waals surface area contributed by atoms with Crippen LogP contribution in [-0.2, 0) is 6.54 Å². The quantitative estimate of drug-likeness (QED) is 0.781. The first-order valence-corrected chi connectivity index (χ1v) is 7.96. The molecule has 3 rings (SSSR count). The summed E-state index contributed by atoms with van der Waals surface area (Å²) < 4.78 is 1.44. The van der Waals surface area contributed by atoms with Crippen molar-refractivity contribution >= 4 is 23.5 Å². The lowest BCUT2D eigenvalue weighted by atomic mass is 10.2. The molecular formula is C18H15ClN4O2. The molecule has 0 aliphatic rings. The standard InChI is InChI=1S/C18H15ClN4O2/c1-12-8-9-20-18(21-12)22-16(24)14-6-4-10-23(17(14)25)11-13-5-2-3-7-15(13)19/h2-10H,11H2,1H3,(H,20,21,22,24). The molecule has 126 valence electrons. The average Bonchev–Trinajstić information content (AvgIpc) is 2.58. The van der Waals surface area contributed by atoms with E-state index in [0.717, 1.165) is 11.3 Å². The summed E-state index contributed by atoms with van der Waals surface area (Å²) in [5.74, 6) is -0.394. The molecule has 0 atom stereocenters. The van der Waals surface area contributed by atoms with Crippen LogP contribution in [0, 0.1) is 6.92 Å². The number of nitrogens with zero attached hydrogens (tertiary/aromatic N) is 3. The van der Waals surface area contributed by atoms with Crippen molar-refractivity contribution in [1.29, 1.82) is 0 Å². The summed E-state index contributed by atoms with van der Waals surface area (Å²) in [6.07, 6.45) is 3.16. The van der Waals surface area contributed by atoms with Crippen LogP contribution >= 0.6 is 11.6 Å².